The normalized spacial score (nSPS) is 24.0. The molecule has 0 spiro atoms. The molecular weight excluding hydrogens is 391 g/mol. The van der Waals surface area contributed by atoms with E-state index in [0.29, 0.717) is 35.9 Å². The van der Waals surface area contributed by atoms with Gasteiger partial charge in [-0.2, -0.15) is 0 Å². The second-order valence-corrected chi connectivity index (χ2v) is 9.03. The highest BCUT2D eigenvalue weighted by Crippen LogP contribution is 2.45. The molecule has 0 bridgehead atoms. The van der Waals surface area contributed by atoms with E-state index < -0.39 is 22.7 Å². The van der Waals surface area contributed by atoms with Crippen LogP contribution in [0.3, 0.4) is 0 Å². The molecule has 28 heavy (non-hydrogen) atoms. The van der Waals surface area contributed by atoms with Gasteiger partial charge in [0.2, 0.25) is 0 Å². The van der Waals surface area contributed by atoms with Gasteiger partial charge in [0.05, 0.1) is 27.5 Å². The Morgan fingerprint density at radius 1 is 1.29 bits per heavy atom. The maximum atomic E-state index is 13.8. The van der Waals surface area contributed by atoms with Gasteiger partial charge in [-0.15, -0.1) is 0 Å². The van der Waals surface area contributed by atoms with Gasteiger partial charge in [0.1, 0.15) is 0 Å². The zero-order chi connectivity index (χ0) is 20.2. The van der Waals surface area contributed by atoms with E-state index in [2.05, 4.69) is 10.1 Å². The van der Waals surface area contributed by atoms with E-state index in [1.807, 2.05) is 13.8 Å². The molecule has 0 radical (unpaired) electrons. The third kappa shape index (κ3) is 3.30. The fraction of sp³-hybridized carbons (Fsp3) is 0.474. The second-order valence-electron chi connectivity index (χ2n) is 7.73. The minimum absolute atomic E-state index is 0.0119. The van der Waals surface area contributed by atoms with E-state index in [9.17, 15) is 18.0 Å². The van der Waals surface area contributed by atoms with Crippen LogP contribution in [0.2, 0.25) is 0 Å². The highest BCUT2D eigenvalue weighted by Gasteiger charge is 2.36. The van der Waals surface area contributed by atoms with E-state index in [1.165, 1.54) is 11.8 Å². The number of fused-ring (bicyclic) bond motifs is 1. The van der Waals surface area contributed by atoms with Crippen LogP contribution in [-0.4, -0.2) is 27.0 Å². The van der Waals surface area contributed by atoms with Crippen LogP contribution >= 0.6 is 11.8 Å². The molecule has 0 saturated carbocycles. The molecule has 2 aliphatic rings. The van der Waals surface area contributed by atoms with Crippen molar-refractivity contribution in [2.45, 2.75) is 50.5 Å². The van der Waals surface area contributed by atoms with Gasteiger partial charge >= 0.3 is 0 Å². The van der Waals surface area contributed by atoms with E-state index in [1.54, 1.807) is 11.6 Å². The average molecular weight is 411 g/mol. The summed E-state index contributed by atoms with van der Waals surface area (Å²) in [5, 5.41) is 2.83. The summed E-state index contributed by atoms with van der Waals surface area (Å²) in [7, 11) is 0. The molecule has 0 amide bonds. The number of ether oxygens (including phenoxy) is 1. The van der Waals surface area contributed by atoms with Crippen molar-refractivity contribution in [3.05, 3.63) is 51.1 Å². The fourth-order valence-corrected chi connectivity index (χ4v) is 4.94. The van der Waals surface area contributed by atoms with E-state index in [-0.39, 0.29) is 22.8 Å². The lowest BCUT2D eigenvalue weighted by molar-refractivity contribution is -0.0705. The minimum atomic E-state index is -1.52. The molecule has 0 unspecified atom stereocenters. The maximum absolute atomic E-state index is 13.8. The molecule has 0 aliphatic carbocycles. The van der Waals surface area contributed by atoms with Crippen molar-refractivity contribution in [3.8, 4) is 0 Å². The third-order valence-electron chi connectivity index (χ3n) is 5.09. The summed E-state index contributed by atoms with van der Waals surface area (Å²) in [5.74, 6) is -3.62. The van der Waals surface area contributed by atoms with E-state index >= 15 is 0 Å². The molecule has 1 fully saturated rings. The maximum Gasteiger partial charge on any atom is 0.271 e. The fourth-order valence-electron chi connectivity index (χ4n) is 3.85. The number of aromatic amines is 1. The lowest BCUT2D eigenvalue weighted by Crippen LogP contribution is -2.35. The van der Waals surface area contributed by atoms with Crippen molar-refractivity contribution in [3.63, 3.8) is 0 Å². The molecule has 3 heterocycles. The Labute approximate surface area is 164 Å². The predicted molar refractivity (Wildman–Crippen MR) is 102 cm³/mol. The molecule has 1 aromatic carbocycles. The molecule has 5 nitrogen and oxygen atoms in total. The molecule has 1 N–H and O–H groups in total. The zero-order valence-electron chi connectivity index (χ0n) is 15.7. The number of aliphatic imine (C=N–C) groups is 1. The largest absolute Gasteiger partial charge is 0.375 e. The van der Waals surface area contributed by atoms with Crippen molar-refractivity contribution in [2.75, 3.05) is 6.61 Å². The number of nitrogens with zero attached hydrogens (tertiary/aromatic N) is 2. The summed E-state index contributed by atoms with van der Waals surface area (Å²) in [4.78, 5) is 17.3. The molecule has 150 valence electrons. The molecule has 2 atom stereocenters. The molecule has 9 heteroatoms. The number of thioether (sulfide) groups is 1. The minimum Gasteiger partial charge on any atom is -0.375 e. The van der Waals surface area contributed by atoms with Gasteiger partial charge in [0, 0.05) is 6.61 Å². The lowest BCUT2D eigenvalue weighted by atomic mass is 9.94. The number of hydrogen-bond acceptors (Lipinski definition) is 4. The number of nitrogens with one attached hydrogen (secondary N) is 1. The Bertz CT molecular complexity index is 1000. The number of H-pyrrole nitrogens is 1. The zero-order valence-corrected chi connectivity index (χ0v) is 16.5. The number of aromatic nitrogens is 2. The van der Waals surface area contributed by atoms with Gasteiger partial charge < -0.3 is 4.74 Å². The Balaban J connectivity index is 1.82. The van der Waals surface area contributed by atoms with E-state index in [0.717, 1.165) is 12.1 Å². The van der Waals surface area contributed by atoms with Crippen LogP contribution in [0.15, 0.2) is 21.9 Å². The summed E-state index contributed by atoms with van der Waals surface area (Å²) < 4.78 is 48.5. The van der Waals surface area contributed by atoms with Gasteiger partial charge in [0.15, 0.2) is 23.3 Å². The Kier molecular flexibility index (Phi) is 4.70. The summed E-state index contributed by atoms with van der Waals surface area (Å²) in [6.45, 7) is 6.31. The first kappa shape index (κ1) is 19.3. The Hall–Kier alpha value is -2.00. The summed E-state index contributed by atoms with van der Waals surface area (Å²) >= 11 is 1.22. The molecule has 2 aliphatic heterocycles. The van der Waals surface area contributed by atoms with Gasteiger partial charge in [-0.05, 0) is 51.3 Å². The molecule has 2 aromatic rings. The Morgan fingerprint density at radius 3 is 2.61 bits per heavy atom. The smallest absolute Gasteiger partial charge is 0.271 e. The summed E-state index contributed by atoms with van der Waals surface area (Å²) in [5.41, 5.74) is -0.183. The number of halogens is 3. The molecule has 4 rings (SSSR count). The van der Waals surface area contributed by atoms with Gasteiger partial charge in [-0.3, -0.25) is 14.6 Å². The van der Waals surface area contributed by atoms with Crippen LogP contribution in [0.25, 0.3) is 0 Å². The molecule has 1 aromatic heterocycles. The summed E-state index contributed by atoms with van der Waals surface area (Å²) in [6, 6.07) is 1.86. The van der Waals surface area contributed by atoms with Crippen molar-refractivity contribution < 1.29 is 17.9 Å². The standard InChI is InChI=1S/C19H20F3N3O2S/c1-9-23-17-14(16(28-9)10-6-12(20)15(22)13(21)7-10)18(26)24-25(17)11-4-5-27-19(2,3)8-11/h6-7,11,16H,4-5,8H2,1-3H3,(H,24,26)/t11-,16+/m1/s1. The predicted octanol–water partition coefficient (Wildman–Crippen LogP) is 4.61. The quantitative estimate of drug-likeness (QED) is 0.735. The Morgan fingerprint density at radius 2 is 1.96 bits per heavy atom. The van der Waals surface area contributed by atoms with E-state index in [4.69, 9.17) is 4.74 Å². The topological polar surface area (TPSA) is 59.4 Å². The number of rotatable bonds is 2. The summed E-state index contributed by atoms with van der Waals surface area (Å²) in [6.07, 6.45) is 1.41. The lowest BCUT2D eigenvalue weighted by Gasteiger charge is -2.36. The van der Waals surface area contributed by atoms with Crippen LogP contribution in [-0.2, 0) is 4.74 Å². The van der Waals surface area contributed by atoms with Gasteiger partial charge in [0.25, 0.3) is 5.56 Å². The monoisotopic (exact) mass is 411 g/mol. The van der Waals surface area contributed by atoms with Gasteiger partial charge in [-0.1, -0.05) is 11.8 Å². The first-order chi connectivity index (χ1) is 13.2. The first-order valence-electron chi connectivity index (χ1n) is 9.01. The van der Waals surface area contributed by atoms with Crippen molar-refractivity contribution >= 4 is 22.6 Å². The molecular formula is C19H20F3N3O2S. The van der Waals surface area contributed by atoms with Crippen LogP contribution in [0, 0.1) is 17.5 Å². The average Bonchev–Trinajstić information content (AvgIpc) is 2.94. The van der Waals surface area contributed by atoms with Crippen LogP contribution in [0.1, 0.15) is 56.0 Å². The van der Waals surface area contributed by atoms with Crippen molar-refractivity contribution in [1.29, 1.82) is 0 Å². The van der Waals surface area contributed by atoms with Crippen molar-refractivity contribution in [1.82, 2.24) is 9.78 Å². The van der Waals surface area contributed by atoms with Crippen LogP contribution in [0.4, 0.5) is 19.0 Å². The second kappa shape index (κ2) is 6.81. The van der Waals surface area contributed by atoms with Gasteiger partial charge in [-0.25, -0.2) is 18.2 Å². The van der Waals surface area contributed by atoms with Crippen molar-refractivity contribution in [2.24, 2.45) is 4.99 Å². The third-order valence-corrected chi connectivity index (χ3v) is 6.27. The highest BCUT2D eigenvalue weighted by molar-refractivity contribution is 8.14. The SMILES string of the molecule is CC1=Nc2c(c(=O)[nH]n2[C@@H]2CCOC(C)(C)C2)[C@H](c2cc(F)c(F)c(F)c2)S1. The number of benzene rings is 1. The molecule has 1 saturated heterocycles. The highest BCUT2D eigenvalue weighted by atomic mass is 32.2. The van der Waals surface area contributed by atoms with Crippen LogP contribution < -0.4 is 5.56 Å². The first-order valence-corrected chi connectivity index (χ1v) is 9.89. The van der Waals surface area contributed by atoms with Crippen LogP contribution in [0.5, 0.6) is 0 Å². The number of hydrogen-bond donors (Lipinski definition) is 1.